The summed E-state index contributed by atoms with van der Waals surface area (Å²) in [5.41, 5.74) is 17.8. The molecule has 0 unspecified atom stereocenters. The minimum atomic E-state index is -0.332. The van der Waals surface area contributed by atoms with Gasteiger partial charge in [0.2, 0.25) is 0 Å². The molecule has 0 amide bonds. The van der Waals surface area contributed by atoms with E-state index < -0.39 is 0 Å². The van der Waals surface area contributed by atoms with Gasteiger partial charge in [0, 0.05) is 27.6 Å². The maximum absolute atomic E-state index is 18.8. The molecule has 4 heteroatoms. The standard InChI is InChI=1S/C87H88F2N2/c1-54(2)67-22-18-20-24-75(67)90(81-70(57-30-42-65(43-31-57)85(9,10)11)50-61(52-73(81)88)55-26-38-63(39-27-55)83(3,4)5)76-48-36-59-35-47-69-77(49-37-60-34-46-68(76)79(59)80(60)69)91(78-25-21-19-23-72(78)87(15,16)17)82-71(58-32-44-66(45-33-58)86(12,13)14)51-62(53-74(82)89)56-28-40-64(41-29-56)84(6,7)8/h18-54H,1-17H3. The number of hydrogen-bond donors (Lipinski definition) is 0. The first kappa shape index (κ1) is 62.3. The molecule has 0 saturated carbocycles. The van der Waals surface area contributed by atoms with Crippen LogP contribution in [-0.4, -0.2) is 0 Å². The van der Waals surface area contributed by atoms with Gasteiger partial charge in [-0.3, -0.25) is 0 Å². The summed E-state index contributed by atoms with van der Waals surface area (Å²) in [6, 6.07) is 77.2. The molecule has 12 aromatic rings. The second-order valence-corrected chi connectivity index (χ2v) is 30.8. The molecular formula is C87H88F2N2. The molecule has 0 fully saturated rings. The molecular weight excluding hydrogens is 1110 g/mol. The first-order valence-corrected chi connectivity index (χ1v) is 32.6. The van der Waals surface area contributed by atoms with Gasteiger partial charge in [0.05, 0.1) is 28.4 Å². The van der Waals surface area contributed by atoms with Gasteiger partial charge in [0.1, 0.15) is 11.6 Å². The largest absolute Gasteiger partial charge is 0.306 e. The molecule has 0 aliphatic rings. The zero-order valence-corrected chi connectivity index (χ0v) is 56.5. The molecule has 0 bridgehead atoms. The zero-order valence-electron chi connectivity index (χ0n) is 56.5. The Kier molecular flexibility index (Phi) is 15.8. The van der Waals surface area contributed by atoms with E-state index in [0.717, 1.165) is 111 Å². The van der Waals surface area contributed by atoms with Crippen molar-refractivity contribution in [3.05, 3.63) is 263 Å². The lowest BCUT2D eigenvalue weighted by atomic mass is 9.84. The van der Waals surface area contributed by atoms with Crippen molar-refractivity contribution >= 4 is 66.4 Å². The van der Waals surface area contributed by atoms with Crippen LogP contribution in [-0.2, 0) is 27.1 Å². The summed E-state index contributed by atoms with van der Waals surface area (Å²) in [5.74, 6) is -0.556. The molecule has 91 heavy (non-hydrogen) atoms. The van der Waals surface area contributed by atoms with E-state index in [1.807, 2.05) is 0 Å². The molecule has 12 rings (SSSR count). The fourth-order valence-electron chi connectivity index (χ4n) is 13.4. The van der Waals surface area contributed by atoms with Crippen LogP contribution >= 0.6 is 0 Å². The number of anilines is 6. The molecule has 0 atom stereocenters. The summed E-state index contributed by atoms with van der Waals surface area (Å²) >= 11 is 0. The summed E-state index contributed by atoms with van der Waals surface area (Å²) in [7, 11) is 0. The Labute approximate surface area is 540 Å². The highest BCUT2D eigenvalue weighted by atomic mass is 19.1. The Balaban J connectivity index is 1.14. The van der Waals surface area contributed by atoms with E-state index in [1.54, 1.807) is 12.1 Å². The van der Waals surface area contributed by atoms with Crippen LogP contribution in [0.4, 0.5) is 42.9 Å². The number of para-hydroxylation sites is 2. The van der Waals surface area contributed by atoms with Gasteiger partial charge < -0.3 is 9.80 Å². The monoisotopic (exact) mass is 1200 g/mol. The lowest BCUT2D eigenvalue weighted by Gasteiger charge is -2.35. The Bertz CT molecular complexity index is 4670. The number of benzene rings is 12. The molecule has 0 spiro atoms. The van der Waals surface area contributed by atoms with Gasteiger partial charge in [-0.1, -0.05) is 288 Å². The SMILES string of the molecule is CC(C)c1ccccc1N(c1c(F)cc(-c2ccc(C(C)(C)C)cc2)cc1-c1ccc(C(C)(C)C)cc1)c1ccc2ccc3c(N(c4ccccc4C(C)(C)C)c4c(F)cc(-c5ccc(C(C)(C)C)cc5)cc4-c4ccc(C(C)(C)C)cc4)ccc4ccc1c2c43. The van der Waals surface area contributed by atoms with Crippen LogP contribution in [0.15, 0.2) is 218 Å². The lowest BCUT2D eigenvalue weighted by Crippen LogP contribution is -2.20. The van der Waals surface area contributed by atoms with Crippen molar-refractivity contribution in [2.45, 2.75) is 151 Å². The van der Waals surface area contributed by atoms with E-state index in [9.17, 15) is 0 Å². The minimum absolute atomic E-state index is 0.0371. The highest BCUT2D eigenvalue weighted by molar-refractivity contribution is 6.28. The summed E-state index contributed by atoms with van der Waals surface area (Å²) < 4.78 is 37.5. The topological polar surface area (TPSA) is 6.48 Å². The van der Waals surface area contributed by atoms with Gasteiger partial charge in [-0.25, -0.2) is 8.78 Å². The van der Waals surface area contributed by atoms with E-state index >= 15 is 8.78 Å². The van der Waals surface area contributed by atoms with Crippen LogP contribution in [0, 0.1) is 11.6 Å². The molecule has 0 aliphatic carbocycles. The van der Waals surface area contributed by atoms with Gasteiger partial charge in [0.25, 0.3) is 0 Å². The Morgan fingerprint density at radius 2 is 0.626 bits per heavy atom. The third kappa shape index (κ3) is 11.8. The maximum atomic E-state index is 18.8. The van der Waals surface area contributed by atoms with Crippen LogP contribution < -0.4 is 9.80 Å². The third-order valence-electron chi connectivity index (χ3n) is 18.7. The van der Waals surface area contributed by atoms with Crippen LogP contribution in [0.3, 0.4) is 0 Å². The summed E-state index contributed by atoms with van der Waals surface area (Å²) in [6.45, 7) is 37.8. The first-order valence-electron chi connectivity index (χ1n) is 32.6. The van der Waals surface area contributed by atoms with Crippen LogP contribution in [0.1, 0.15) is 157 Å². The van der Waals surface area contributed by atoms with Crippen molar-refractivity contribution in [1.29, 1.82) is 0 Å². The Hall–Kier alpha value is -8.86. The minimum Gasteiger partial charge on any atom is -0.306 e. The van der Waals surface area contributed by atoms with E-state index in [2.05, 4.69) is 334 Å². The fourth-order valence-corrected chi connectivity index (χ4v) is 13.4. The lowest BCUT2D eigenvalue weighted by molar-refractivity contribution is 0.590. The third-order valence-corrected chi connectivity index (χ3v) is 18.7. The average molecular weight is 1200 g/mol. The van der Waals surface area contributed by atoms with E-state index in [4.69, 9.17) is 0 Å². The summed E-state index contributed by atoms with van der Waals surface area (Å²) in [6.07, 6.45) is 0. The van der Waals surface area contributed by atoms with Gasteiger partial charge in [-0.2, -0.15) is 0 Å². The smallest absolute Gasteiger partial charge is 0.148 e. The molecule has 0 aliphatic heterocycles. The summed E-state index contributed by atoms with van der Waals surface area (Å²) in [4.78, 5) is 4.41. The predicted molar refractivity (Wildman–Crippen MR) is 389 cm³/mol. The van der Waals surface area contributed by atoms with Crippen molar-refractivity contribution < 1.29 is 8.78 Å². The van der Waals surface area contributed by atoms with Gasteiger partial charge in [-0.05, 0) is 170 Å². The zero-order chi connectivity index (χ0) is 64.9. The normalized spacial score (nSPS) is 12.7. The second kappa shape index (κ2) is 23.1. The summed E-state index contributed by atoms with van der Waals surface area (Å²) in [5, 5.41) is 6.12. The van der Waals surface area contributed by atoms with Gasteiger partial charge >= 0.3 is 0 Å². The van der Waals surface area contributed by atoms with Gasteiger partial charge in [0.15, 0.2) is 0 Å². The molecule has 2 nitrogen and oxygen atoms in total. The van der Waals surface area contributed by atoms with Crippen LogP contribution in [0.25, 0.3) is 76.8 Å². The van der Waals surface area contributed by atoms with Crippen molar-refractivity contribution in [1.82, 2.24) is 0 Å². The van der Waals surface area contributed by atoms with Gasteiger partial charge in [-0.15, -0.1) is 0 Å². The molecule has 0 N–H and O–H groups in total. The number of hydrogen-bond acceptors (Lipinski definition) is 2. The van der Waals surface area contributed by atoms with E-state index in [0.29, 0.717) is 11.4 Å². The average Bonchev–Trinajstić information content (AvgIpc) is 0.745. The molecule has 460 valence electrons. The molecule has 0 aromatic heterocycles. The van der Waals surface area contributed by atoms with Crippen molar-refractivity contribution in [2.24, 2.45) is 0 Å². The predicted octanol–water partition coefficient (Wildman–Crippen LogP) is 26.1. The Morgan fingerprint density at radius 1 is 0.297 bits per heavy atom. The molecule has 0 heterocycles. The van der Waals surface area contributed by atoms with E-state index in [1.165, 1.54) is 22.3 Å². The van der Waals surface area contributed by atoms with Crippen LogP contribution in [0.5, 0.6) is 0 Å². The van der Waals surface area contributed by atoms with Crippen molar-refractivity contribution in [2.75, 3.05) is 9.80 Å². The molecule has 0 radical (unpaired) electrons. The van der Waals surface area contributed by atoms with Crippen molar-refractivity contribution in [3.8, 4) is 44.5 Å². The highest BCUT2D eigenvalue weighted by Crippen LogP contribution is 2.54. The van der Waals surface area contributed by atoms with Crippen molar-refractivity contribution in [3.63, 3.8) is 0 Å². The quantitative estimate of drug-likeness (QED) is 0.119. The fraction of sp³-hybridized carbons (Fsp3) is 0.264. The number of rotatable bonds is 11. The van der Waals surface area contributed by atoms with Crippen LogP contribution in [0.2, 0.25) is 0 Å². The van der Waals surface area contributed by atoms with E-state index in [-0.39, 0.29) is 44.6 Å². The highest BCUT2D eigenvalue weighted by Gasteiger charge is 2.32. The maximum Gasteiger partial charge on any atom is 0.148 e. The number of nitrogens with zero attached hydrogens (tertiary/aromatic N) is 2. The molecule has 0 saturated heterocycles. The Morgan fingerprint density at radius 3 is 0.989 bits per heavy atom. The molecule has 12 aromatic carbocycles. The first-order chi connectivity index (χ1) is 42.9. The number of halogens is 2. The second-order valence-electron chi connectivity index (χ2n) is 30.8.